The molecule has 0 radical (unpaired) electrons. The molecule has 0 saturated heterocycles. The normalized spacial score (nSPS) is 48.2. The number of aliphatic hydroxyl groups is 2. The molecule has 0 aromatic heterocycles. The molecule has 4 rings (SSSR count). The number of rotatable bonds is 10. The van der Waals surface area contributed by atoms with Crippen molar-refractivity contribution in [3.05, 3.63) is 0 Å². The molecule has 0 bridgehead atoms. The maximum Gasteiger partial charge on any atom is 0.146 e. The number of hydrogen-bond acceptors (Lipinski definition) is 6. The van der Waals surface area contributed by atoms with Gasteiger partial charge in [-0.3, -0.25) is 0 Å². The molecule has 0 aromatic rings. The molecule has 0 amide bonds. The Morgan fingerprint density at radius 3 is 2.26 bits per heavy atom. The summed E-state index contributed by atoms with van der Waals surface area (Å²) in [7, 11) is 3.42. The molecule has 4 aliphatic carbocycles. The molecule has 204 valence electrons. The minimum Gasteiger partial charge on any atom is -0.396 e. The van der Waals surface area contributed by atoms with Crippen molar-refractivity contribution in [3.63, 3.8) is 0 Å². The standard InChI is InChI=1S/C29H52O6/c1-7-20-22-14-19(34-16-32-5)8-11-28(22,3)21-9-12-29(4)23(25(21)27(20)35-17-33-6)15-24(31)26(29)18(2)10-13-30/h18-27,30-31H,7-17H2,1-6H3/t18-,19-,20-,21?,22+,23?,24+,25?,26+,27-,28-,29+/m1/s1. The Hall–Kier alpha value is -0.240. The van der Waals surface area contributed by atoms with Crippen LogP contribution >= 0.6 is 0 Å². The molecule has 0 aliphatic heterocycles. The minimum absolute atomic E-state index is 0.0874. The zero-order chi connectivity index (χ0) is 25.4. The Balaban J connectivity index is 1.69. The van der Waals surface area contributed by atoms with Gasteiger partial charge in [-0.15, -0.1) is 0 Å². The molecular weight excluding hydrogens is 444 g/mol. The molecule has 0 heterocycles. The Kier molecular flexibility index (Phi) is 8.93. The van der Waals surface area contributed by atoms with Gasteiger partial charge in [0.25, 0.3) is 0 Å². The van der Waals surface area contributed by atoms with Crippen molar-refractivity contribution >= 4 is 0 Å². The van der Waals surface area contributed by atoms with Gasteiger partial charge in [0.2, 0.25) is 0 Å². The Morgan fingerprint density at radius 2 is 1.60 bits per heavy atom. The van der Waals surface area contributed by atoms with Gasteiger partial charge >= 0.3 is 0 Å². The smallest absolute Gasteiger partial charge is 0.146 e. The lowest BCUT2D eigenvalue weighted by molar-refractivity contribution is -0.239. The van der Waals surface area contributed by atoms with Crippen molar-refractivity contribution in [3.8, 4) is 0 Å². The van der Waals surface area contributed by atoms with Crippen LogP contribution in [-0.2, 0) is 18.9 Å². The van der Waals surface area contributed by atoms with E-state index in [2.05, 4.69) is 27.7 Å². The third-order valence-electron chi connectivity index (χ3n) is 11.4. The maximum atomic E-state index is 11.4. The van der Waals surface area contributed by atoms with E-state index in [1.807, 2.05) is 0 Å². The lowest BCUT2D eigenvalue weighted by Gasteiger charge is -2.65. The monoisotopic (exact) mass is 496 g/mol. The number of aliphatic hydroxyl groups excluding tert-OH is 2. The van der Waals surface area contributed by atoms with E-state index < -0.39 is 0 Å². The molecule has 0 aromatic carbocycles. The van der Waals surface area contributed by atoms with Crippen LogP contribution in [0.25, 0.3) is 0 Å². The molecule has 3 unspecified atom stereocenters. The fourth-order valence-corrected chi connectivity index (χ4v) is 10.1. The lowest BCUT2D eigenvalue weighted by Crippen LogP contribution is -2.63. The molecule has 4 saturated carbocycles. The predicted octanol–water partition coefficient (Wildman–Crippen LogP) is 4.86. The first-order valence-corrected chi connectivity index (χ1v) is 14.3. The molecule has 35 heavy (non-hydrogen) atoms. The molecular formula is C29H52O6. The fraction of sp³-hybridized carbons (Fsp3) is 1.00. The summed E-state index contributed by atoms with van der Waals surface area (Å²) in [4.78, 5) is 0. The van der Waals surface area contributed by atoms with E-state index >= 15 is 0 Å². The largest absolute Gasteiger partial charge is 0.396 e. The van der Waals surface area contributed by atoms with Gasteiger partial charge < -0.3 is 29.2 Å². The Morgan fingerprint density at radius 1 is 0.914 bits per heavy atom. The summed E-state index contributed by atoms with van der Waals surface area (Å²) in [6.07, 6.45) is 8.56. The molecule has 4 aliphatic rings. The third-order valence-corrected chi connectivity index (χ3v) is 11.4. The minimum atomic E-state index is -0.294. The molecule has 4 fully saturated rings. The molecule has 6 heteroatoms. The molecule has 2 N–H and O–H groups in total. The van der Waals surface area contributed by atoms with Crippen LogP contribution in [-0.4, -0.2) is 62.9 Å². The van der Waals surface area contributed by atoms with E-state index in [0.29, 0.717) is 49.1 Å². The van der Waals surface area contributed by atoms with Crippen LogP contribution in [0, 0.1) is 52.3 Å². The van der Waals surface area contributed by atoms with Crippen molar-refractivity contribution in [2.45, 2.75) is 97.4 Å². The predicted molar refractivity (Wildman–Crippen MR) is 136 cm³/mol. The van der Waals surface area contributed by atoms with Crippen LogP contribution in [0.15, 0.2) is 0 Å². The van der Waals surface area contributed by atoms with E-state index in [0.717, 1.165) is 38.5 Å². The zero-order valence-electron chi connectivity index (χ0n) is 23.1. The van der Waals surface area contributed by atoms with Crippen LogP contribution in [0.1, 0.15) is 79.1 Å². The summed E-state index contributed by atoms with van der Waals surface area (Å²) in [5.41, 5.74) is 0.358. The number of hydrogen-bond donors (Lipinski definition) is 2. The summed E-state index contributed by atoms with van der Waals surface area (Å²) < 4.78 is 23.4. The highest BCUT2D eigenvalue weighted by Gasteiger charge is 2.67. The van der Waals surface area contributed by atoms with E-state index in [4.69, 9.17) is 18.9 Å². The molecule has 0 spiro atoms. The second kappa shape index (κ2) is 11.2. The zero-order valence-corrected chi connectivity index (χ0v) is 23.1. The average molecular weight is 497 g/mol. The van der Waals surface area contributed by atoms with Crippen LogP contribution in [0.2, 0.25) is 0 Å². The van der Waals surface area contributed by atoms with Gasteiger partial charge in [0.1, 0.15) is 13.6 Å². The van der Waals surface area contributed by atoms with Crippen LogP contribution in [0.5, 0.6) is 0 Å². The van der Waals surface area contributed by atoms with Gasteiger partial charge in [-0.1, -0.05) is 34.1 Å². The summed E-state index contributed by atoms with van der Waals surface area (Å²) in [6, 6.07) is 0. The van der Waals surface area contributed by atoms with Gasteiger partial charge in [0.15, 0.2) is 0 Å². The first-order valence-electron chi connectivity index (χ1n) is 14.3. The van der Waals surface area contributed by atoms with Crippen molar-refractivity contribution in [1.29, 1.82) is 0 Å². The molecule has 12 atom stereocenters. The highest BCUT2D eigenvalue weighted by molar-refractivity contribution is 5.15. The van der Waals surface area contributed by atoms with E-state index in [9.17, 15) is 10.2 Å². The number of ether oxygens (including phenoxy) is 4. The third kappa shape index (κ3) is 4.74. The van der Waals surface area contributed by atoms with E-state index in [-0.39, 0.29) is 41.7 Å². The topological polar surface area (TPSA) is 77.4 Å². The first-order chi connectivity index (χ1) is 16.8. The second-order valence-corrected chi connectivity index (χ2v) is 12.8. The van der Waals surface area contributed by atoms with Gasteiger partial charge in [-0.2, -0.15) is 0 Å². The van der Waals surface area contributed by atoms with Crippen molar-refractivity contribution < 1.29 is 29.2 Å². The highest BCUT2D eigenvalue weighted by atomic mass is 16.7. The summed E-state index contributed by atoms with van der Waals surface area (Å²) in [5, 5.41) is 21.1. The van der Waals surface area contributed by atoms with Gasteiger partial charge in [-0.05, 0) is 97.2 Å². The number of methoxy groups -OCH3 is 2. The van der Waals surface area contributed by atoms with E-state index in [1.165, 1.54) is 12.8 Å². The fourth-order valence-electron chi connectivity index (χ4n) is 10.1. The van der Waals surface area contributed by atoms with Crippen molar-refractivity contribution in [1.82, 2.24) is 0 Å². The Bertz CT molecular complexity index is 688. The van der Waals surface area contributed by atoms with Crippen LogP contribution in [0.4, 0.5) is 0 Å². The molecule has 6 nitrogen and oxygen atoms in total. The van der Waals surface area contributed by atoms with Crippen LogP contribution in [0.3, 0.4) is 0 Å². The van der Waals surface area contributed by atoms with E-state index in [1.54, 1.807) is 14.2 Å². The first kappa shape index (κ1) is 27.8. The SMILES string of the molecule is CC[C@H]1[C@@H](OCOC)C2C3C[C@H](O)[C@H]([C@H](C)CCO)[C@@]3(C)CCC2[C@@]2(C)CC[C@@H](OCOC)C[C@@H]12. The van der Waals surface area contributed by atoms with Gasteiger partial charge in [0.05, 0.1) is 18.3 Å². The maximum absolute atomic E-state index is 11.4. The average Bonchev–Trinajstić information content (AvgIpc) is 3.11. The summed E-state index contributed by atoms with van der Waals surface area (Å²) in [5.74, 6) is 3.06. The number of fused-ring (bicyclic) bond motifs is 5. The van der Waals surface area contributed by atoms with Gasteiger partial charge in [-0.25, -0.2) is 0 Å². The summed E-state index contributed by atoms with van der Waals surface area (Å²) >= 11 is 0. The quantitative estimate of drug-likeness (QED) is 0.421. The van der Waals surface area contributed by atoms with Gasteiger partial charge in [0, 0.05) is 20.8 Å². The Labute approximate surface area is 213 Å². The van der Waals surface area contributed by atoms with Crippen molar-refractivity contribution in [2.75, 3.05) is 34.4 Å². The lowest BCUT2D eigenvalue weighted by atomic mass is 9.41. The van der Waals surface area contributed by atoms with Crippen molar-refractivity contribution in [2.24, 2.45) is 52.3 Å². The second-order valence-electron chi connectivity index (χ2n) is 12.8. The highest BCUT2D eigenvalue weighted by Crippen LogP contribution is 2.70. The van der Waals surface area contributed by atoms with Crippen LogP contribution < -0.4 is 0 Å². The summed E-state index contributed by atoms with van der Waals surface area (Å²) in [6.45, 7) is 10.5.